The molecule has 0 fully saturated rings. The van der Waals surface area contributed by atoms with Crippen LogP contribution in [0.3, 0.4) is 0 Å². The summed E-state index contributed by atoms with van der Waals surface area (Å²) in [5, 5.41) is 20.3. The molecule has 1 aromatic carbocycles. The minimum atomic E-state index is -0.671. The highest BCUT2D eigenvalue weighted by Gasteiger charge is 2.24. The van der Waals surface area contributed by atoms with Crippen LogP contribution < -0.4 is 0 Å². The molecule has 0 aliphatic rings. The first-order valence-electron chi connectivity index (χ1n) is 6.91. The van der Waals surface area contributed by atoms with Gasteiger partial charge in [0.25, 0.3) is 0 Å². The molecule has 2 nitrogen and oxygen atoms in total. The van der Waals surface area contributed by atoms with Crippen LogP contribution in [-0.4, -0.2) is 22.4 Å². The van der Waals surface area contributed by atoms with E-state index >= 15 is 0 Å². The molecule has 0 aromatic heterocycles. The first kappa shape index (κ1) is 15.2. The van der Waals surface area contributed by atoms with E-state index in [1.165, 1.54) is 11.1 Å². The summed E-state index contributed by atoms with van der Waals surface area (Å²) in [4.78, 5) is 0. The molecule has 0 saturated carbocycles. The maximum Gasteiger partial charge on any atom is 0.0842 e. The monoisotopic (exact) mass is 250 g/mol. The van der Waals surface area contributed by atoms with Gasteiger partial charge in [-0.25, -0.2) is 0 Å². The van der Waals surface area contributed by atoms with Gasteiger partial charge in [0.1, 0.15) is 0 Å². The smallest absolute Gasteiger partial charge is 0.0842 e. The average molecular weight is 250 g/mol. The zero-order chi connectivity index (χ0) is 13.7. The third-order valence-electron chi connectivity index (χ3n) is 3.86. The number of benzene rings is 1. The number of aliphatic hydroxyl groups is 2. The first-order chi connectivity index (χ1) is 8.49. The van der Waals surface area contributed by atoms with Crippen molar-refractivity contribution in [1.82, 2.24) is 0 Å². The van der Waals surface area contributed by atoms with Gasteiger partial charge in [0.05, 0.1) is 12.2 Å². The molecule has 0 saturated heterocycles. The van der Waals surface area contributed by atoms with E-state index in [9.17, 15) is 10.2 Å². The lowest BCUT2D eigenvalue weighted by Crippen LogP contribution is -2.34. The Morgan fingerprint density at radius 2 is 1.67 bits per heavy atom. The van der Waals surface area contributed by atoms with E-state index in [0.29, 0.717) is 6.42 Å². The van der Waals surface area contributed by atoms with Crippen LogP contribution >= 0.6 is 0 Å². The third kappa shape index (κ3) is 3.82. The molecule has 1 rings (SSSR count). The van der Waals surface area contributed by atoms with Crippen LogP contribution in [0, 0.1) is 19.8 Å². The van der Waals surface area contributed by atoms with E-state index < -0.39 is 12.2 Å². The second-order valence-corrected chi connectivity index (χ2v) is 5.27. The van der Waals surface area contributed by atoms with E-state index in [4.69, 9.17) is 0 Å². The normalized spacial score (nSPS) is 14.8. The minimum Gasteiger partial charge on any atom is -0.390 e. The largest absolute Gasteiger partial charge is 0.390 e. The molecule has 2 heteroatoms. The number of aliphatic hydroxyl groups excluding tert-OH is 2. The molecule has 1 aromatic rings. The summed E-state index contributed by atoms with van der Waals surface area (Å²) < 4.78 is 0. The minimum absolute atomic E-state index is 0.185. The van der Waals surface area contributed by atoms with Crippen LogP contribution in [0.2, 0.25) is 0 Å². The van der Waals surface area contributed by atoms with Crippen molar-refractivity contribution in [3.8, 4) is 0 Å². The van der Waals surface area contributed by atoms with E-state index in [1.807, 2.05) is 13.8 Å². The fraction of sp³-hybridized carbons (Fsp3) is 0.625. The molecule has 0 aliphatic carbocycles. The molecule has 2 atom stereocenters. The van der Waals surface area contributed by atoms with Gasteiger partial charge in [-0.1, -0.05) is 50.5 Å². The lowest BCUT2D eigenvalue weighted by molar-refractivity contribution is -0.0188. The number of rotatable bonds is 6. The van der Waals surface area contributed by atoms with Crippen LogP contribution in [0.5, 0.6) is 0 Å². The van der Waals surface area contributed by atoms with Crippen molar-refractivity contribution in [3.05, 3.63) is 34.9 Å². The molecular weight excluding hydrogens is 224 g/mol. The Hall–Kier alpha value is -0.860. The number of aryl methyl sites for hydroxylation is 2. The Labute approximate surface area is 111 Å². The van der Waals surface area contributed by atoms with E-state index in [1.54, 1.807) is 0 Å². The highest BCUT2D eigenvalue weighted by Crippen LogP contribution is 2.20. The van der Waals surface area contributed by atoms with Crippen LogP contribution in [0.15, 0.2) is 18.2 Å². The van der Waals surface area contributed by atoms with Crippen LogP contribution in [0.25, 0.3) is 0 Å². The summed E-state index contributed by atoms with van der Waals surface area (Å²) in [5.41, 5.74) is 3.50. The summed E-state index contributed by atoms with van der Waals surface area (Å²) in [6.45, 7) is 8.21. The molecule has 102 valence electrons. The van der Waals surface area contributed by atoms with Gasteiger partial charge in [-0.15, -0.1) is 0 Å². The second kappa shape index (κ2) is 6.91. The molecule has 18 heavy (non-hydrogen) atoms. The van der Waals surface area contributed by atoms with Crippen molar-refractivity contribution in [1.29, 1.82) is 0 Å². The van der Waals surface area contributed by atoms with E-state index in [-0.39, 0.29) is 5.92 Å². The average Bonchev–Trinajstić information content (AvgIpc) is 2.35. The van der Waals surface area contributed by atoms with Gasteiger partial charge >= 0.3 is 0 Å². The van der Waals surface area contributed by atoms with Gasteiger partial charge in [0, 0.05) is 6.42 Å². The number of hydrogen-bond acceptors (Lipinski definition) is 2. The lowest BCUT2D eigenvalue weighted by Gasteiger charge is -2.25. The Kier molecular flexibility index (Phi) is 5.83. The molecule has 0 radical (unpaired) electrons. The molecule has 2 N–H and O–H groups in total. The first-order valence-corrected chi connectivity index (χ1v) is 6.91. The van der Waals surface area contributed by atoms with Gasteiger partial charge in [0.15, 0.2) is 0 Å². The Bertz CT molecular complexity index is 369. The molecule has 2 unspecified atom stereocenters. The predicted octanol–water partition coefficient (Wildman–Crippen LogP) is 3.00. The topological polar surface area (TPSA) is 40.5 Å². The highest BCUT2D eigenvalue weighted by molar-refractivity contribution is 5.31. The Morgan fingerprint density at radius 1 is 1.06 bits per heavy atom. The number of hydrogen-bond donors (Lipinski definition) is 2. The SMILES string of the molecule is CCC(CC)C(O)C(O)Cc1cc(C)ccc1C. The Balaban J connectivity index is 2.74. The maximum absolute atomic E-state index is 10.2. The maximum atomic E-state index is 10.2. The molecule has 0 spiro atoms. The van der Waals surface area contributed by atoms with Crippen molar-refractivity contribution in [3.63, 3.8) is 0 Å². The molecule has 0 amide bonds. The summed E-state index contributed by atoms with van der Waals surface area (Å²) in [6.07, 6.45) is 1.05. The third-order valence-corrected chi connectivity index (χ3v) is 3.86. The zero-order valence-electron chi connectivity index (χ0n) is 12.0. The van der Waals surface area contributed by atoms with E-state index in [0.717, 1.165) is 18.4 Å². The lowest BCUT2D eigenvalue weighted by atomic mass is 9.89. The fourth-order valence-corrected chi connectivity index (χ4v) is 2.45. The van der Waals surface area contributed by atoms with Gasteiger partial charge in [0.2, 0.25) is 0 Å². The summed E-state index contributed by atoms with van der Waals surface area (Å²) in [7, 11) is 0. The fourth-order valence-electron chi connectivity index (χ4n) is 2.45. The summed E-state index contributed by atoms with van der Waals surface area (Å²) in [5.74, 6) is 0.185. The second-order valence-electron chi connectivity index (χ2n) is 5.27. The zero-order valence-corrected chi connectivity index (χ0v) is 12.0. The van der Waals surface area contributed by atoms with Gasteiger partial charge in [-0.3, -0.25) is 0 Å². The van der Waals surface area contributed by atoms with Gasteiger partial charge in [-0.05, 0) is 30.9 Å². The molecule has 0 heterocycles. The standard InChI is InChI=1S/C16H26O2/c1-5-13(6-2)16(18)15(17)10-14-9-11(3)7-8-12(14)4/h7-9,13,15-18H,5-6,10H2,1-4H3. The molecular formula is C16H26O2. The van der Waals surface area contributed by atoms with Crippen LogP contribution in [0.4, 0.5) is 0 Å². The van der Waals surface area contributed by atoms with E-state index in [2.05, 4.69) is 32.0 Å². The Morgan fingerprint density at radius 3 is 2.22 bits per heavy atom. The highest BCUT2D eigenvalue weighted by atomic mass is 16.3. The van der Waals surface area contributed by atoms with Crippen molar-refractivity contribution in [2.45, 2.75) is 59.2 Å². The summed E-state index contributed by atoms with van der Waals surface area (Å²) in [6, 6.07) is 6.24. The molecule has 0 bridgehead atoms. The quantitative estimate of drug-likeness (QED) is 0.815. The van der Waals surface area contributed by atoms with Crippen molar-refractivity contribution in [2.24, 2.45) is 5.92 Å². The van der Waals surface area contributed by atoms with Gasteiger partial charge < -0.3 is 10.2 Å². The summed E-state index contributed by atoms with van der Waals surface area (Å²) >= 11 is 0. The van der Waals surface area contributed by atoms with Crippen LogP contribution in [0.1, 0.15) is 43.4 Å². The van der Waals surface area contributed by atoms with Crippen molar-refractivity contribution < 1.29 is 10.2 Å². The van der Waals surface area contributed by atoms with Crippen molar-refractivity contribution >= 4 is 0 Å². The van der Waals surface area contributed by atoms with Crippen molar-refractivity contribution in [2.75, 3.05) is 0 Å². The molecule has 0 aliphatic heterocycles. The van der Waals surface area contributed by atoms with Gasteiger partial charge in [-0.2, -0.15) is 0 Å². The predicted molar refractivity (Wildman–Crippen MR) is 75.7 cm³/mol. The van der Waals surface area contributed by atoms with Crippen LogP contribution in [-0.2, 0) is 6.42 Å².